The van der Waals surface area contributed by atoms with E-state index in [-0.39, 0.29) is 11.9 Å². The first-order valence-corrected chi connectivity index (χ1v) is 8.54. The Morgan fingerprint density at radius 3 is 2.65 bits per heavy atom. The molecule has 134 valence electrons. The molecule has 0 aliphatic rings. The van der Waals surface area contributed by atoms with E-state index < -0.39 is 0 Å². The Hall–Kier alpha value is -3.08. The third-order valence-corrected chi connectivity index (χ3v) is 4.20. The molecule has 0 saturated heterocycles. The minimum Gasteiger partial charge on any atom is -0.496 e. The lowest BCUT2D eigenvalue weighted by molar-refractivity contribution is 0.0934. The highest BCUT2D eigenvalue weighted by atomic mass is 16.5. The van der Waals surface area contributed by atoms with E-state index in [1.165, 1.54) is 0 Å². The van der Waals surface area contributed by atoms with Crippen LogP contribution in [0.5, 0.6) is 5.75 Å². The van der Waals surface area contributed by atoms with E-state index in [4.69, 9.17) is 9.72 Å². The molecule has 5 heteroatoms. The number of ether oxygens (including phenoxy) is 1. The van der Waals surface area contributed by atoms with Crippen LogP contribution in [0.2, 0.25) is 0 Å². The van der Waals surface area contributed by atoms with Crippen LogP contribution in [0.15, 0.2) is 60.7 Å². The number of benzene rings is 2. The maximum absolute atomic E-state index is 12.7. The van der Waals surface area contributed by atoms with Crippen molar-refractivity contribution in [2.75, 3.05) is 7.11 Å². The summed E-state index contributed by atoms with van der Waals surface area (Å²) in [5, 5.41) is 3.03. The van der Waals surface area contributed by atoms with Crippen LogP contribution in [-0.2, 0) is 6.54 Å². The summed E-state index contributed by atoms with van der Waals surface area (Å²) in [4.78, 5) is 17.4. The molecule has 2 aromatic carbocycles. The highest BCUT2D eigenvalue weighted by Gasteiger charge is 2.20. The van der Waals surface area contributed by atoms with Crippen LogP contribution >= 0.6 is 0 Å². The Morgan fingerprint density at radius 1 is 1.23 bits per heavy atom. The molecule has 5 nitrogen and oxygen atoms in total. The van der Waals surface area contributed by atoms with Crippen molar-refractivity contribution in [2.45, 2.75) is 26.4 Å². The Kier molecular flexibility index (Phi) is 5.07. The Bertz CT molecular complexity index is 959. The molecule has 0 bridgehead atoms. The molecule has 0 radical (unpaired) electrons. The molecule has 1 heterocycles. The number of methoxy groups -OCH3 is 1. The van der Waals surface area contributed by atoms with Gasteiger partial charge in [0.05, 0.1) is 29.7 Å². The maximum atomic E-state index is 12.7. The van der Waals surface area contributed by atoms with Crippen molar-refractivity contribution in [2.24, 2.45) is 0 Å². The van der Waals surface area contributed by atoms with E-state index in [1.54, 1.807) is 19.2 Å². The molecule has 0 spiro atoms. The number of imidazole rings is 1. The van der Waals surface area contributed by atoms with Gasteiger partial charge in [-0.05, 0) is 38.1 Å². The molecule has 1 N–H and O–H groups in total. The van der Waals surface area contributed by atoms with Gasteiger partial charge in [-0.1, -0.05) is 36.4 Å². The summed E-state index contributed by atoms with van der Waals surface area (Å²) in [7, 11) is 1.56. The molecule has 0 saturated carbocycles. The van der Waals surface area contributed by atoms with E-state index in [9.17, 15) is 4.79 Å². The minimum absolute atomic E-state index is 0.191. The summed E-state index contributed by atoms with van der Waals surface area (Å²) in [5.74, 6) is 1.16. The van der Waals surface area contributed by atoms with Crippen molar-refractivity contribution in [3.05, 3.63) is 72.1 Å². The standard InChI is InChI=1S/C21H23N3O2/c1-14(2)13-24-18-11-7-6-10-17(18)23-20(24)15(3)22-21(25)16-9-5-8-12-19(16)26-4/h5-12,15H,1,13H2,2-4H3,(H,22,25)/t15-/m0/s1. The summed E-state index contributed by atoms with van der Waals surface area (Å²) in [5.41, 5.74) is 3.47. The molecule has 0 aliphatic carbocycles. The van der Waals surface area contributed by atoms with E-state index in [0.29, 0.717) is 17.9 Å². The zero-order valence-electron chi connectivity index (χ0n) is 15.3. The average molecular weight is 349 g/mol. The van der Waals surface area contributed by atoms with E-state index >= 15 is 0 Å². The third-order valence-electron chi connectivity index (χ3n) is 4.20. The first-order chi connectivity index (χ1) is 12.5. The van der Waals surface area contributed by atoms with Gasteiger partial charge in [0.25, 0.3) is 5.91 Å². The van der Waals surface area contributed by atoms with Crippen LogP contribution in [0.1, 0.15) is 36.1 Å². The molecule has 1 atom stereocenters. The first-order valence-electron chi connectivity index (χ1n) is 8.54. The SMILES string of the molecule is C=C(C)Cn1c([C@H](C)NC(=O)c2ccccc2OC)nc2ccccc21. The summed E-state index contributed by atoms with van der Waals surface area (Å²) in [6.07, 6.45) is 0. The topological polar surface area (TPSA) is 56.2 Å². The van der Waals surface area contributed by atoms with Crippen LogP contribution in [0.4, 0.5) is 0 Å². The second kappa shape index (κ2) is 7.44. The number of hydrogen-bond acceptors (Lipinski definition) is 3. The van der Waals surface area contributed by atoms with Gasteiger partial charge in [0, 0.05) is 6.54 Å². The van der Waals surface area contributed by atoms with Gasteiger partial charge < -0.3 is 14.6 Å². The molecule has 26 heavy (non-hydrogen) atoms. The van der Waals surface area contributed by atoms with Crippen LogP contribution in [0, 0.1) is 0 Å². The molecule has 0 aliphatic heterocycles. The zero-order valence-corrected chi connectivity index (χ0v) is 15.3. The van der Waals surface area contributed by atoms with Crippen molar-refractivity contribution in [3.63, 3.8) is 0 Å². The van der Waals surface area contributed by atoms with Crippen molar-refractivity contribution < 1.29 is 9.53 Å². The maximum Gasteiger partial charge on any atom is 0.255 e. The zero-order chi connectivity index (χ0) is 18.7. The number of fused-ring (bicyclic) bond motifs is 1. The van der Waals surface area contributed by atoms with Gasteiger partial charge in [0.2, 0.25) is 0 Å². The number of para-hydroxylation sites is 3. The average Bonchev–Trinajstić information content (AvgIpc) is 2.99. The summed E-state index contributed by atoms with van der Waals surface area (Å²) in [6, 6.07) is 14.9. The van der Waals surface area contributed by atoms with Gasteiger partial charge in [-0.2, -0.15) is 0 Å². The van der Waals surface area contributed by atoms with Crippen molar-refractivity contribution >= 4 is 16.9 Å². The molecule has 1 amide bonds. The van der Waals surface area contributed by atoms with Crippen LogP contribution in [0.3, 0.4) is 0 Å². The number of nitrogens with one attached hydrogen (secondary N) is 1. The second-order valence-electron chi connectivity index (χ2n) is 6.40. The van der Waals surface area contributed by atoms with Crippen LogP contribution in [-0.4, -0.2) is 22.6 Å². The number of aromatic nitrogens is 2. The fourth-order valence-electron chi connectivity index (χ4n) is 3.03. The normalized spacial score (nSPS) is 12.0. The van der Waals surface area contributed by atoms with Crippen molar-refractivity contribution in [1.82, 2.24) is 14.9 Å². The van der Waals surface area contributed by atoms with Gasteiger partial charge in [0.1, 0.15) is 11.6 Å². The van der Waals surface area contributed by atoms with Gasteiger partial charge in [0.15, 0.2) is 0 Å². The van der Waals surface area contributed by atoms with Crippen LogP contribution < -0.4 is 10.1 Å². The Labute approximate surface area is 153 Å². The third kappa shape index (κ3) is 3.47. The predicted molar refractivity (Wildman–Crippen MR) is 103 cm³/mol. The lowest BCUT2D eigenvalue weighted by atomic mass is 10.1. The first kappa shape index (κ1) is 17.7. The highest BCUT2D eigenvalue weighted by Crippen LogP contribution is 2.23. The van der Waals surface area contributed by atoms with Crippen molar-refractivity contribution in [3.8, 4) is 5.75 Å². The Balaban J connectivity index is 1.93. The molecular formula is C21H23N3O2. The molecule has 0 fully saturated rings. The molecular weight excluding hydrogens is 326 g/mol. The lowest BCUT2D eigenvalue weighted by Gasteiger charge is -2.17. The highest BCUT2D eigenvalue weighted by molar-refractivity contribution is 5.97. The molecule has 3 rings (SSSR count). The molecule has 1 aromatic heterocycles. The van der Waals surface area contributed by atoms with Crippen LogP contribution in [0.25, 0.3) is 11.0 Å². The minimum atomic E-state index is -0.265. The van der Waals surface area contributed by atoms with Gasteiger partial charge >= 0.3 is 0 Å². The molecule has 0 unspecified atom stereocenters. The summed E-state index contributed by atoms with van der Waals surface area (Å²) >= 11 is 0. The van der Waals surface area contributed by atoms with E-state index in [1.807, 2.05) is 50.2 Å². The van der Waals surface area contributed by atoms with Gasteiger partial charge in [-0.15, -0.1) is 0 Å². The fourth-order valence-corrected chi connectivity index (χ4v) is 3.03. The smallest absolute Gasteiger partial charge is 0.255 e. The molecule has 3 aromatic rings. The number of nitrogens with zero attached hydrogens (tertiary/aromatic N) is 2. The fraction of sp³-hybridized carbons (Fsp3) is 0.238. The summed E-state index contributed by atoms with van der Waals surface area (Å²) in [6.45, 7) is 8.59. The monoisotopic (exact) mass is 349 g/mol. The number of carbonyl (C=O) groups is 1. The quantitative estimate of drug-likeness (QED) is 0.681. The number of hydrogen-bond donors (Lipinski definition) is 1. The number of amides is 1. The van der Waals surface area contributed by atoms with Gasteiger partial charge in [-0.25, -0.2) is 4.98 Å². The Morgan fingerprint density at radius 2 is 1.92 bits per heavy atom. The van der Waals surface area contributed by atoms with E-state index in [0.717, 1.165) is 22.4 Å². The predicted octanol–water partition coefficient (Wildman–Crippen LogP) is 4.11. The van der Waals surface area contributed by atoms with Gasteiger partial charge in [-0.3, -0.25) is 4.79 Å². The summed E-state index contributed by atoms with van der Waals surface area (Å²) < 4.78 is 7.39. The van der Waals surface area contributed by atoms with E-state index in [2.05, 4.69) is 16.5 Å². The number of carbonyl (C=O) groups excluding carboxylic acids is 1. The number of allylic oxidation sites excluding steroid dienone is 1. The van der Waals surface area contributed by atoms with Crippen molar-refractivity contribution in [1.29, 1.82) is 0 Å². The largest absolute Gasteiger partial charge is 0.496 e. The second-order valence-corrected chi connectivity index (χ2v) is 6.40. The lowest BCUT2D eigenvalue weighted by Crippen LogP contribution is -2.29. The number of rotatable bonds is 6.